The Morgan fingerprint density at radius 3 is 2.71 bits per heavy atom. The molecule has 0 aliphatic heterocycles. The van der Waals surface area contributed by atoms with Gasteiger partial charge in [-0.3, -0.25) is 4.98 Å². The molecule has 0 saturated carbocycles. The molecule has 0 bridgehead atoms. The van der Waals surface area contributed by atoms with Crippen LogP contribution >= 0.6 is 11.5 Å². The average molecular weight is 305 g/mol. The smallest absolute Gasteiger partial charge is 0.147 e. The van der Waals surface area contributed by atoms with Gasteiger partial charge in [-0.25, -0.2) is 0 Å². The lowest BCUT2D eigenvalue weighted by Crippen LogP contribution is -2.26. The third-order valence-electron chi connectivity index (χ3n) is 3.35. The van der Waals surface area contributed by atoms with Gasteiger partial charge in [-0.2, -0.15) is 4.37 Å². The predicted molar refractivity (Wildman–Crippen MR) is 90.8 cm³/mol. The van der Waals surface area contributed by atoms with Crippen molar-refractivity contribution < 1.29 is 0 Å². The van der Waals surface area contributed by atoms with Crippen LogP contribution in [-0.2, 0) is 0 Å². The van der Waals surface area contributed by atoms with Gasteiger partial charge in [-0.1, -0.05) is 6.07 Å². The van der Waals surface area contributed by atoms with Crippen LogP contribution in [0.15, 0.2) is 24.5 Å². The highest BCUT2D eigenvalue weighted by molar-refractivity contribution is 7.11. The summed E-state index contributed by atoms with van der Waals surface area (Å²) in [7, 11) is 4.20. The third-order valence-corrected chi connectivity index (χ3v) is 4.28. The SMILES string of the molecule is CCN(CCCN(C)C)c1snc(N)c1-c1cccnc1. The van der Waals surface area contributed by atoms with Gasteiger partial charge in [-0.05, 0) is 51.6 Å². The molecular formula is C15H23N5S. The molecule has 0 aliphatic carbocycles. The van der Waals surface area contributed by atoms with E-state index in [-0.39, 0.29) is 0 Å². The molecule has 2 rings (SSSR count). The summed E-state index contributed by atoms with van der Waals surface area (Å²) in [6.45, 7) is 5.19. The van der Waals surface area contributed by atoms with Crippen molar-refractivity contribution in [3.8, 4) is 11.1 Å². The van der Waals surface area contributed by atoms with Crippen molar-refractivity contribution in [1.29, 1.82) is 0 Å². The lowest BCUT2D eigenvalue weighted by Gasteiger charge is -2.23. The minimum absolute atomic E-state index is 0.592. The van der Waals surface area contributed by atoms with Crippen LogP contribution in [0, 0.1) is 0 Å². The molecule has 2 aromatic heterocycles. The van der Waals surface area contributed by atoms with Crippen LogP contribution in [0.2, 0.25) is 0 Å². The van der Waals surface area contributed by atoms with E-state index in [0.717, 1.165) is 42.2 Å². The van der Waals surface area contributed by atoms with Crippen LogP contribution < -0.4 is 10.6 Å². The first-order valence-corrected chi connectivity index (χ1v) is 7.96. The molecule has 0 amide bonds. The molecular weight excluding hydrogens is 282 g/mol. The van der Waals surface area contributed by atoms with Gasteiger partial charge in [0.1, 0.15) is 10.8 Å². The number of nitrogen functional groups attached to an aromatic ring is 1. The lowest BCUT2D eigenvalue weighted by molar-refractivity contribution is 0.401. The maximum Gasteiger partial charge on any atom is 0.147 e. The number of aromatic nitrogens is 2. The second-order valence-corrected chi connectivity index (χ2v) is 5.98. The lowest BCUT2D eigenvalue weighted by atomic mass is 10.1. The quantitative estimate of drug-likeness (QED) is 0.852. The van der Waals surface area contributed by atoms with E-state index in [0.29, 0.717) is 5.82 Å². The largest absolute Gasteiger partial charge is 0.382 e. The van der Waals surface area contributed by atoms with E-state index >= 15 is 0 Å². The van der Waals surface area contributed by atoms with E-state index in [1.165, 1.54) is 11.5 Å². The van der Waals surface area contributed by atoms with Gasteiger partial charge in [-0.15, -0.1) is 0 Å². The summed E-state index contributed by atoms with van der Waals surface area (Å²) in [5.41, 5.74) is 8.13. The Bertz CT molecular complexity index is 552. The first-order chi connectivity index (χ1) is 10.1. The maximum absolute atomic E-state index is 6.08. The Labute approximate surface area is 130 Å². The van der Waals surface area contributed by atoms with Crippen molar-refractivity contribution in [2.45, 2.75) is 13.3 Å². The molecule has 5 nitrogen and oxygen atoms in total. The van der Waals surface area contributed by atoms with Gasteiger partial charge < -0.3 is 15.5 Å². The first kappa shape index (κ1) is 15.7. The molecule has 0 fully saturated rings. The maximum atomic E-state index is 6.08. The second kappa shape index (κ2) is 7.38. The van der Waals surface area contributed by atoms with Crippen LogP contribution in [0.5, 0.6) is 0 Å². The highest BCUT2D eigenvalue weighted by atomic mass is 32.1. The van der Waals surface area contributed by atoms with Crippen molar-refractivity contribution in [2.75, 3.05) is 44.4 Å². The fourth-order valence-electron chi connectivity index (χ4n) is 2.27. The molecule has 2 aromatic rings. The zero-order chi connectivity index (χ0) is 15.2. The topological polar surface area (TPSA) is 58.3 Å². The number of pyridine rings is 1. The molecule has 0 aliphatic rings. The summed E-state index contributed by atoms with van der Waals surface area (Å²) in [6, 6.07) is 3.96. The van der Waals surface area contributed by atoms with Crippen LogP contribution in [0.1, 0.15) is 13.3 Å². The van der Waals surface area contributed by atoms with Gasteiger partial charge in [0.25, 0.3) is 0 Å². The zero-order valence-electron chi connectivity index (χ0n) is 12.9. The zero-order valence-corrected chi connectivity index (χ0v) is 13.7. The van der Waals surface area contributed by atoms with Gasteiger partial charge in [0.15, 0.2) is 0 Å². The normalized spacial score (nSPS) is 11.0. The molecule has 0 saturated heterocycles. The third kappa shape index (κ3) is 3.92. The summed E-state index contributed by atoms with van der Waals surface area (Å²) in [4.78, 5) is 8.74. The number of nitrogens with zero attached hydrogens (tertiary/aromatic N) is 4. The number of nitrogens with two attached hydrogens (primary N) is 1. The molecule has 21 heavy (non-hydrogen) atoms. The Hall–Kier alpha value is -1.66. The van der Waals surface area contributed by atoms with Crippen LogP contribution in [0.4, 0.5) is 10.8 Å². The summed E-state index contributed by atoms with van der Waals surface area (Å²) in [5.74, 6) is 0.592. The van der Waals surface area contributed by atoms with Gasteiger partial charge in [0.2, 0.25) is 0 Å². The van der Waals surface area contributed by atoms with Gasteiger partial charge >= 0.3 is 0 Å². The Balaban J connectivity index is 2.22. The molecule has 2 N–H and O–H groups in total. The average Bonchev–Trinajstić information content (AvgIpc) is 2.86. The summed E-state index contributed by atoms with van der Waals surface area (Å²) in [5, 5.41) is 1.14. The Kier molecular flexibility index (Phi) is 5.52. The number of anilines is 2. The van der Waals surface area contributed by atoms with E-state index in [9.17, 15) is 0 Å². The second-order valence-electron chi connectivity index (χ2n) is 5.23. The summed E-state index contributed by atoms with van der Waals surface area (Å²) >= 11 is 1.47. The van der Waals surface area contributed by atoms with Crippen LogP contribution in [0.3, 0.4) is 0 Å². The van der Waals surface area contributed by atoms with Crippen LogP contribution in [0.25, 0.3) is 11.1 Å². The molecule has 6 heteroatoms. The number of hydrogen-bond donors (Lipinski definition) is 1. The summed E-state index contributed by atoms with van der Waals surface area (Å²) in [6.07, 6.45) is 4.73. The monoisotopic (exact) mass is 305 g/mol. The first-order valence-electron chi connectivity index (χ1n) is 7.18. The molecule has 0 unspecified atom stereocenters. The van der Waals surface area contributed by atoms with E-state index in [1.54, 1.807) is 6.20 Å². The molecule has 2 heterocycles. The summed E-state index contributed by atoms with van der Waals surface area (Å²) < 4.78 is 4.34. The van der Waals surface area contributed by atoms with Crippen LogP contribution in [-0.4, -0.2) is 48.0 Å². The highest BCUT2D eigenvalue weighted by Gasteiger charge is 2.18. The molecule has 0 spiro atoms. The van der Waals surface area contributed by atoms with E-state index in [1.807, 2.05) is 18.3 Å². The molecule has 114 valence electrons. The van der Waals surface area contributed by atoms with E-state index in [2.05, 4.69) is 40.2 Å². The van der Waals surface area contributed by atoms with Crippen molar-refractivity contribution in [3.63, 3.8) is 0 Å². The van der Waals surface area contributed by atoms with Crippen molar-refractivity contribution in [3.05, 3.63) is 24.5 Å². The Morgan fingerprint density at radius 2 is 2.10 bits per heavy atom. The van der Waals surface area contributed by atoms with Gasteiger partial charge in [0.05, 0.1) is 5.56 Å². The number of rotatable bonds is 7. The van der Waals surface area contributed by atoms with Gasteiger partial charge in [0, 0.05) is 31.0 Å². The standard InChI is InChI=1S/C15H23N5S/c1-4-20(10-6-9-19(2)3)15-13(14(16)18-21-15)12-7-5-8-17-11-12/h5,7-8,11H,4,6,9-10H2,1-3H3,(H2,16,18). The Morgan fingerprint density at radius 1 is 1.29 bits per heavy atom. The highest BCUT2D eigenvalue weighted by Crippen LogP contribution is 2.38. The molecule has 0 atom stereocenters. The fourth-order valence-corrected chi connectivity index (χ4v) is 3.20. The number of hydrogen-bond acceptors (Lipinski definition) is 6. The minimum Gasteiger partial charge on any atom is -0.382 e. The minimum atomic E-state index is 0.592. The van der Waals surface area contributed by atoms with Crippen molar-refractivity contribution in [2.24, 2.45) is 0 Å². The molecule has 0 aromatic carbocycles. The van der Waals surface area contributed by atoms with E-state index in [4.69, 9.17) is 5.73 Å². The van der Waals surface area contributed by atoms with Crippen molar-refractivity contribution >= 4 is 22.4 Å². The molecule has 0 radical (unpaired) electrons. The predicted octanol–water partition coefficient (Wildman–Crippen LogP) is 2.57. The fraction of sp³-hybridized carbons (Fsp3) is 0.467. The van der Waals surface area contributed by atoms with E-state index < -0.39 is 0 Å². The van der Waals surface area contributed by atoms with Crippen molar-refractivity contribution in [1.82, 2.24) is 14.3 Å².